The molecule has 5 heteroatoms. The van der Waals surface area contributed by atoms with Crippen LogP contribution in [0.5, 0.6) is 0 Å². The fraction of sp³-hybridized carbons (Fsp3) is 0.714. The number of nitrogens with one attached hydrogen (secondary N) is 3. The van der Waals surface area contributed by atoms with Crippen LogP contribution in [0.3, 0.4) is 0 Å². The highest BCUT2D eigenvalue weighted by atomic mass is 15.1. The van der Waals surface area contributed by atoms with Crippen molar-refractivity contribution in [2.24, 2.45) is 5.41 Å². The smallest absolute Gasteiger partial charge is 0.131 e. The maximum atomic E-state index is 4.25. The van der Waals surface area contributed by atoms with Gasteiger partial charge in [0.25, 0.3) is 0 Å². The van der Waals surface area contributed by atoms with E-state index in [-0.39, 0.29) is 0 Å². The number of likely N-dealkylation sites (N-methyl/N-ethyl adjacent to an activating group) is 1. The average molecular weight is 265 g/mol. The van der Waals surface area contributed by atoms with Gasteiger partial charge in [-0.25, -0.2) is 9.97 Å². The van der Waals surface area contributed by atoms with E-state index in [0.29, 0.717) is 5.41 Å². The van der Waals surface area contributed by atoms with E-state index in [0.717, 1.165) is 31.3 Å². The molecule has 0 aliphatic heterocycles. The zero-order valence-corrected chi connectivity index (χ0v) is 12.6. The summed E-state index contributed by atoms with van der Waals surface area (Å²) in [6, 6.07) is 1.96. The number of hydrogen-bond acceptors (Lipinski definition) is 5. The molecule has 1 aromatic rings. The third kappa shape index (κ3) is 6.38. The van der Waals surface area contributed by atoms with Gasteiger partial charge in [-0.05, 0) is 18.9 Å². The van der Waals surface area contributed by atoms with Gasteiger partial charge in [0, 0.05) is 25.7 Å². The summed E-state index contributed by atoms with van der Waals surface area (Å²) in [5.74, 6) is 1.74. The molecule has 0 spiro atoms. The van der Waals surface area contributed by atoms with Crippen molar-refractivity contribution in [3.63, 3.8) is 0 Å². The van der Waals surface area contributed by atoms with Gasteiger partial charge in [-0.3, -0.25) is 0 Å². The minimum absolute atomic E-state index is 0.291. The second-order valence-corrected chi connectivity index (χ2v) is 5.59. The number of aromatic nitrogens is 2. The predicted octanol–water partition coefficient (Wildman–Crippen LogP) is 2.35. The molecule has 0 radical (unpaired) electrons. The van der Waals surface area contributed by atoms with Gasteiger partial charge in [0.15, 0.2) is 0 Å². The highest BCUT2D eigenvalue weighted by Gasteiger charge is 2.16. The fourth-order valence-electron chi connectivity index (χ4n) is 1.96. The number of rotatable bonds is 9. The lowest BCUT2D eigenvalue weighted by atomic mass is 9.88. The molecule has 0 fully saturated rings. The maximum absolute atomic E-state index is 4.25. The van der Waals surface area contributed by atoms with Crippen molar-refractivity contribution in [2.45, 2.75) is 33.6 Å². The monoisotopic (exact) mass is 265 g/mol. The van der Waals surface area contributed by atoms with E-state index < -0.39 is 0 Å². The van der Waals surface area contributed by atoms with Crippen molar-refractivity contribution < 1.29 is 0 Å². The zero-order valence-electron chi connectivity index (χ0n) is 12.6. The van der Waals surface area contributed by atoms with Gasteiger partial charge in [-0.15, -0.1) is 0 Å². The first-order chi connectivity index (χ1) is 9.07. The molecule has 0 amide bonds. The molecule has 0 unspecified atom stereocenters. The Balaban J connectivity index is 2.47. The van der Waals surface area contributed by atoms with Crippen LogP contribution in [-0.2, 0) is 0 Å². The minimum atomic E-state index is 0.291. The molecule has 0 saturated heterocycles. The van der Waals surface area contributed by atoms with Crippen molar-refractivity contribution in [3.8, 4) is 0 Å². The van der Waals surface area contributed by atoms with Gasteiger partial charge >= 0.3 is 0 Å². The maximum Gasteiger partial charge on any atom is 0.131 e. The topological polar surface area (TPSA) is 61.9 Å². The summed E-state index contributed by atoms with van der Waals surface area (Å²) in [6.07, 6.45) is 4.00. The summed E-state index contributed by atoms with van der Waals surface area (Å²) in [7, 11) is 1.93. The van der Waals surface area contributed by atoms with Gasteiger partial charge in [0.2, 0.25) is 0 Å². The van der Waals surface area contributed by atoms with Gasteiger partial charge in [0.05, 0.1) is 0 Å². The van der Waals surface area contributed by atoms with Gasteiger partial charge < -0.3 is 16.0 Å². The van der Waals surface area contributed by atoms with Crippen LogP contribution in [0.1, 0.15) is 33.6 Å². The molecule has 1 rings (SSSR count). The lowest BCUT2D eigenvalue weighted by molar-refractivity contribution is 0.354. The first-order valence-electron chi connectivity index (χ1n) is 7.02. The summed E-state index contributed by atoms with van der Waals surface area (Å²) < 4.78 is 0. The Morgan fingerprint density at radius 2 is 1.79 bits per heavy atom. The normalized spacial score (nSPS) is 11.4. The van der Waals surface area contributed by atoms with Crippen molar-refractivity contribution in [1.82, 2.24) is 15.3 Å². The second-order valence-electron chi connectivity index (χ2n) is 5.59. The highest BCUT2D eigenvalue weighted by Crippen LogP contribution is 2.22. The van der Waals surface area contributed by atoms with Gasteiger partial charge in [0.1, 0.15) is 18.0 Å². The number of nitrogens with zero attached hydrogens (tertiary/aromatic N) is 2. The number of anilines is 2. The molecule has 0 saturated carbocycles. The molecule has 0 atom stereocenters. The van der Waals surface area contributed by atoms with Crippen molar-refractivity contribution in [1.29, 1.82) is 0 Å². The highest BCUT2D eigenvalue weighted by molar-refractivity contribution is 5.46. The largest absolute Gasteiger partial charge is 0.369 e. The van der Waals surface area contributed by atoms with Crippen molar-refractivity contribution >= 4 is 11.6 Å². The van der Waals surface area contributed by atoms with E-state index in [1.54, 1.807) is 6.33 Å². The Morgan fingerprint density at radius 3 is 2.42 bits per heavy atom. The Kier molecular flexibility index (Phi) is 6.56. The standard InChI is InChI=1S/C14H27N5/c1-5-6-14(2,3)10-17-13-9-12(18-11-19-13)16-8-7-15-4/h9,11,15H,5-8,10H2,1-4H3,(H2,16,17,18,19). The molecule has 0 aromatic carbocycles. The zero-order chi connectivity index (χ0) is 14.1. The van der Waals surface area contributed by atoms with Crippen LogP contribution in [0.25, 0.3) is 0 Å². The molecule has 0 bridgehead atoms. The molecule has 108 valence electrons. The third-order valence-corrected chi connectivity index (χ3v) is 3.02. The molecule has 5 nitrogen and oxygen atoms in total. The molecule has 1 heterocycles. The van der Waals surface area contributed by atoms with Crippen LogP contribution in [0.2, 0.25) is 0 Å². The Bertz CT molecular complexity index is 365. The summed E-state index contributed by atoms with van der Waals surface area (Å²) in [5.41, 5.74) is 0.291. The Hall–Kier alpha value is -1.36. The summed E-state index contributed by atoms with van der Waals surface area (Å²) in [6.45, 7) is 9.46. The van der Waals surface area contributed by atoms with Crippen LogP contribution >= 0.6 is 0 Å². The lowest BCUT2D eigenvalue weighted by Crippen LogP contribution is -2.23. The average Bonchev–Trinajstić information content (AvgIpc) is 2.37. The summed E-state index contributed by atoms with van der Waals surface area (Å²) >= 11 is 0. The number of hydrogen-bond donors (Lipinski definition) is 3. The molecule has 1 aromatic heterocycles. The van der Waals surface area contributed by atoms with E-state index >= 15 is 0 Å². The third-order valence-electron chi connectivity index (χ3n) is 3.02. The van der Waals surface area contributed by atoms with Crippen LogP contribution in [0, 0.1) is 5.41 Å². The van der Waals surface area contributed by atoms with Crippen molar-refractivity contribution in [2.75, 3.05) is 37.3 Å². The first kappa shape index (κ1) is 15.7. The minimum Gasteiger partial charge on any atom is -0.369 e. The summed E-state index contributed by atoms with van der Waals surface area (Å²) in [4.78, 5) is 8.45. The van der Waals surface area contributed by atoms with E-state index in [2.05, 4.69) is 46.7 Å². The van der Waals surface area contributed by atoms with Gasteiger partial charge in [-0.2, -0.15) is 0 Å². The molecule has 19 heavy (non-hydrogen) atoms. The Labute approximate surface area is 116 Å². The molecular weight excluding hydrogens is 238 g/mol. The van der Waals surface area contributed by atoms with E-state index in [1.807, 2.05) is 13.1 Å². The van der Waals surface area contributed by atoms with Gasteiger partial charge in [-0.1, -0.05) is 27.2 Å². The SMILES string of the molecule is CCCC(C)(C)CNc1cc(NCCNC)ncn1. The molecule has 0 aliphatic carbocycles. The van der Waals surface area contributed by atoms with Crippen LogP contribution in [0.15, 0.2) is 12.4 Å². The first-order valence-corrected chi connectivity index (χ1v) is 7.02. The van der Waals surface area contributed by atoms with Crippen LogP contribution in [0.4, 0.5) is 11.6 Å². The van der Waals surface area contributed by atoms with Crippen molar-refractivity contribution in [3.05, 3.63) is 12.4 Å². The van der Waals surface area contributed by atoms with E-state index in [1.165, 1.54) is 12.8 Å². The molecular formula is C14H27N5. The van der Waals surface area contributed by atoms with E-state index in [4.69, 9.17) is 0 Å². The van der Waals surface area contributed by atoms with Crippen LogP contribution in [-0.4, -0.2) is 36.6 Å². The predicted molar refractivity (Wildman–Crippen MR) is 81.6 cm³/mol. The molecule has 0 aliphatic rings. The lowest BCUT2D eigenvalue weighted by Gasteiger charge is -2.24. The quantitative estimate of drug-likeness (QED) is 0.598. The van der Waals surface area contributed by atoms with E-state index in [9.17, 15) is 0 Å². The molecule has 3 N–H and O–H groups in total. The second kappa shape index (κ2) is 7.94. The fourth-order valence-corrected chi connectivity index (χ4v) is 1.96. The van der Waals surface area contributed by atoms with Crippen LogP contribution < -0.4 is 16.0 Å². The Morgan fingerprint density at radius 1 is 1.11 bits per heavy atom. The summed E-state index contributed by atoms with van der Waals surface area (Å²) in [5, 5.41) is 9.74.